The molecule has 0 aliphatic carbocycles. The number of rotatable bonds is 4. The van der Waals surface area contributed by atoms with Gasteiger partial charge in [0.15, 0.2) is 6.10 Å². The lowest BCUT2D eigenvalue weighted by Crippen LogP contribution is -2.16. The summed E-state index contributed by atoms with van der Waals surface area (Å²) in [6.45, 7) is 5.87. The lowest BCUT2D eigenvalue weighted by molar-refractivity contribution is -0.153. The summed E-state index contributed by atoms with van der Waals surface area (Å²) in [5, 5.41) is 9.96. The quantitative estimate of drug-likeness (QED) is 0.663. The first-order chi connectivity index (χ1) is 8.01. The minimum Gasteiger partial charge on any atom is -0.464 e. The first-order valence-corrected chi connectivity index (χ1v) is 6.73. The molecular formula is C13H18O3S. The van der Waals surface area contributed by atoms with Crippen LogP contribution >= 0.6 is 11.8 Å². The Balaban J connectivity index is 3.11. The maximum atomic E-state index is 11.5. The number of hydrogen-bond acceptors (Lipinski definition) is 4. The molecule has 1 N–H and O–H groups in total. The lowest BCUT2D eigenvalue weighted by atomic mass is 9.99. The molecule has 0 aromatic heterocycles. The zero-order valence-corrected chi connectivity index (χ0v) is 11.4. The topological polar surface area (TPSA) is 46.5 Å². The molecule has 4 heteroatoms. The van der Waals surface area contributed by atoms with Crippen LogP contribution in [0.25, 0.3) is 0 Å². The maximum Gasteiger partial charge on any atom is 0.339 e. The molecule has 94 valence electrons. The van der Waals surface area contributed by atoms with E-state index >= 15 is 0 Å². The SMILES string of the molecule is CCOC(=O)C(O)c1cc(SC)cc(C)c1C. The van der Waals surface area contributed by atoms with Gasteiger partial charge in [0.2, 0.25) is 0 Å². The highest BCUT2D eigenvalue weighted by atomic mass is 32.2. The number of carbonyl (C=O) groups is 1. The average molecular weight is 254 g/mol. The van der Waals surface area contributed by atoms with Crippen LogP contribution in [0.4, 0.5) is 0 Å². The van der Waals surface area contributed by atoms with Crippen LogP contribution in [-0.2, 0) is 9.53 Å². The molecule has 0 amide bonds. The second-order valence-electron chi connectivity index (χ2n) is 3.81. The standard InChI is InChI=1S/C13H18O3S/c1-5-16-13(15)12(14)11-7-10(17-4)6-8(2)9(11)3/h6-7,12,14H,5H2,1-4H3. The Bertz CT molecular complexity index is 415. The summed E-state index contributed by atoms with van der Waals surface area (Å²) < 4.78 is 4.83. The second kappa shape index (κ2) is 6.07. The highest BCUT2D eigenvalue weighted by Crippen LogP contribution is 2.27. The van der Waals surface area contributed by atoms with Gasteiger partial charge < -0.3 is 9.84 Å². The molecule has 0 bridgehead atoms. The van der Waals surface area contributed by atoms with Crippen molar-refractivity contribution in [1.29, 1.82) is 0 Å². The van der Waals surface area contributed by atoms with Gasteiger partial charge in [-0.15, -0.1) is 11.8 Å². The van der Waals surface area contributed by atoms with E-state index in [-0.39, 0.29) is 6.61 Å². The molecule has 1 aromatic rings. The van der Waals surface area contributed by atoms with E-state index < -0.39 is 12.1 Å². The van der Waals surface area contributed by atoms with Crippen molar-refractivity contribution in [3.8, 4) is 0 Å². The highest BCUT2D eigenvalue weighted by Gasteiger charge is 2.21. The van der Waals surface area contributed by atoms with Crippen LogP contribution in [0.2, 0.25) is 0 Å². The van der Waals surface area contributed by atoms with E-state index in [1.165, 1.54) is 0 Å². The van der Waals surface area contributed by atoms with Gasteiger partial charge in [0.05, 0.1) is 6.61 Å². The number of aryl methyl sites for hydroxylation is 1. The van der Waals surface area contributed by atoms with Crippen molar-refractivity contribution in [2.24, 2.45) is 0 Å². The van der Waals surface area contributed by atoms with Crippen LogP contribution < -0.4 is 0 Å². The Morgan fingerprint density at radius 3 is 2.65 bits per heavy atom. The van der Waals surface area contributed by atoms with Crippen molar-refractivity contribution in [3.63, 3.8) is 0 Å². The molecule has 0 heterocycles. The molecule has 0 aliphatic rings. The molecule has 1 rings (SSSR count). The zero-order valence-electron chi connectivity index (χ0n) is 10.6. The number of carbonyl (C=O) groups excluding carboxylic acids is 1. The van der Waals surface area contributed by atoms with Crippen molar-refractivity contribution < 1.29 is 14.6 Å². The Morgan fingerprint density at radius 2 is 2.12 bits per heavy atom. The van der Waals surface area contributed by atoms with E-state index in [4.69, 9.17) is 4.74 Å². The monoisotopic (exact) mass is 254 g/mol. The smallest absolute Gasteiger partial charge is 0.339 e. The van der Waals surface area contributed by atoms with Gasteiger partial charge in [0, 0.05) is 4.90 Å². The molecule has 1 aromatic carbocycles. The average Bonchev–Trinajstić information content (AvgIpc) is 2.31. The van der Waals surface area contributed by atoms with Crippen molar-refractivity contribution in [1.82, 2.24) is 0 Å². The third-order valence-electron chi connectivity index (χ3n) is 2.72. The minimum atomic E-state index is -1.19. The van der Waals surface area contributed by atoms with E-state index in [0.717, 1.165) is 16.0 Å². The van der Waals surface area contributed by atoms with Crippen molar-refractivity contribution in [2.75, 3.05) is 12.9 Å². The third kappa shape index (κ3) is 3.23. The Kier molecular flexibility index (Phi) is 5.02. The summed E-state index contributed by atoms with van der Waals surface area (Å²) in [6, 6.07) is 3.88. The van der Waals surface area contributed by atoms with Gasteiger partial charge in [0.25, 0.3) is 0 Å². The molecule has 3 nitrogen and oxygen atoms in total. The molecule has 1 atom stereocenters. The van der Waals surface area contributed by atoms with Crippen LogP contribution in [-0.4, -0.2) is 23.9 Å². The summed E-state index contributed by atoms with van der Waals surface area (Å²) in [4.78, 5) is 12.6. The predicted molar refractivity (Wildman–Crippen MR) is 69.3 cm³/mol. The van der Waals surface area contributed by atoms with E-state index in [2.05, 4.69) is 0 Å². The first kappa shape index (κ1) is 14.1. The molecule has 0 fully saturated rings. The Hall–Kier alpha value is -1.00. The van der Waals surface area contributed by atoms with Crippen molar-refractivity contribution >= 4 is 17.7 Å². The van der Waals surface area contributed by atoms with Crippen LogP contribution in [0.3, 0.4) is 0 Å². The van der Waals surface area contributed by atoms with Gasteiger partial charge in [-0.25, -0.2) is 4.79 Å². The highest BCUT2D eigenvalue weighted by molar-refractivity contribution is 7.98. The van der Waals surface area contributed by atoms with Gasteiger partial charge in [0.1, 0.15) is 0 Å². The van der Waals surface area contributed by atoms with Crippen LogP contribution in [0, 0.1) is 13.8 Å². The largest absolute Gasteiger partial charge is 0.464 e. The van der Waals surface area contributed by atoms with E-state index in [1.807, 2.05) is 32.2 Å². The number of esters is 1. The van der Waals surface area contributed by atoms with Gasteiger partial charge in [-0.05, 0) is 55.9 Å². The number of benzene rings is 1. The van der Waals surface area contributed by atoms with Crippen molar-refractivity contribution in [2.45, 2.75) is 31.8 Å². The van der Waals surface area contributed by atoms with E-state index in [9.17, 15) is 9.90 Å². The molecule has 0 spiro atoms. The summed E-state index contributed by atoms with van der Waals surface area (Å²) in [5.74, 6) is -0.590. The van der Waals surface area contributed by atoms with E-state index in [1.54, 1.807) is 18.7 Å². The Morgan fingerprint density at radius 1 is 1.47 bits per heavy atom. The lowest BCUT2D eigenvalue weighted by Gasteiger charge is -2.15. The van der Waals surface area contributed by atoms with Gasteiger partial charge in [-0.1, -0.05) is 0 Å². The normalized spacial score (nSPS) is 12.3. The molecule has 17 heavy (non-hydrogen) atoms. The predicted octanol–water partition coefficient (Wildman–Crippen LogP) is 2.62. The first-order valence-electron chi connectivity index (χ1n) is 5.51. The number of aliphatic hydroxyl groups excluding tert-OH is 1. The van der Waals surface area contributed by atoms with Crippen molar-refractivity contribution in [3.05, 3.63) is 28.8 Å². The van der Waals surface area contributed by atoms with Crippen LogP contribution in [0.1, 0.15) is 29.7 Å². The molecule has 1 unspecified atom stereocenters. The fourth-order valence-electron chi connectivity index (χ4n) is 1.60. The summed E-state index contributed by atoms with van der Waals surface area (Å²) >= 11 is 1.59. The number of hydrogen-bond donors (Lipinski definition) is 1. The molecular weight excluding hydrogens is 236 g/mol. The summed E-state index contributed by atoms with van der Waals surface area (Å²) in [7, 11) is 0. The third-order valence-corrected chi connectivity index (χ3v) is 3.43. The fraction of sp³-hybridized carbons (Fsp3) is 0.462. The molecule has 0 saturated carbocycles. The summed E-state index contributed by atoms with van der Waals surface area (Å²) in [5.41, 5.74) is 2.63. The molecule has 0 aliphatic heterocycles. The van der Waals surface area contributed by atoms with Crippen LogP contribution in [0.5, 0.6) is 0 Å². The summed E-state index contributed by atoms with van der Waals surface area (Å²) in [6.07, 6.45) is 0.769. The zero-order chi connectivity index (χ0) is 13.0. The number of thioether (sulfide) groups is 1. The number of aliphatic hydroxyl groups is 1. The fourth-order valence-corrected chi connectivity index (χ4v) is 2.14. The van der Waals surface area contributed by atoms with Gasteiger partial charge in [-0.2, -0.15) is 0 Å². The van der Waals surface area contributed by atoms with E-state index in [0.29, 0.717) is 5.56 Å². The molecule has 0 saturated heterocycles. The van der Waals surface area contributed by atoms with Gasteiger partial charge in [-0.3, -0.25) is 0 Å². The van der Waals surface area contributed by atoms with Gasteiger partial charge >= 0.3 is 5.97 Å². The molecule has 0 radical (unpaired) electrons. The minimum absolute atomic E-state index is 0.274. The van der Waals surface area contributed by atoms with Crippen LogP contribution in [0.15, 0.2) is 17.0 Å². The number of ether oxygens (including phenoxy) is 1. The Labute approximate surface area is 106 Å². The second-order valence-corrected chi connectivity index (χ2v) is 4.69. The maximum absolute atomic E-state index is 11.5.